The number of aromatic nitrogens is 2. The van der Waals surface area contributed by atoms with Gasteiger partial charge in [-0.15, -0.1) is 0 Å². The van der Waals surface area contributed by atoms with Crippen LogP contribution in [0.1, 0.15) is 43.2 Å². The maximum atomic E-state index is 13.0. The Labute approximate surface area is 179 Å². The number of rotatable bonds is 3. The molecule has 1 aromatic carbocycles. The number of carbonyl (C=O) groups is 2. The SMILES string of the molecule is Cc1c(Cl)cccc1NC(=O)[C@H]1CC(=O)Nc2nc(N3CCC(C)CC3)[nH]c(=O)c21. The molecule has 3 N–H and O–H groups in total. The van der Waals surface area contributed by atoms with Crippen LogP contribution in [0, 0.1) is 12.8 Å². The van der Waals surface area contributed by atoms with E-state index in [0.29, 0.717) is 22.6 Å². The first-order valence-corrected chi connectivity index (χ1v) is 10.5. The van der Waals surface area contributed by atoms with Gasteiger partial charge in [0.15, 0.2) is 0 Å². The fourth-order valence-corrected chi connectivity index (χ4v) is 4.09. The smallest absolute Gasteiger partial charge is 0.258 e. The van der Waals surface area contributed by atoms with E-state index in [1.807, 2.05) is 4.90 Å². The Morgan fingerprint density at radius 1 is 1.27 bits per heavy atom. The second-order valence-corrected chi connectivity index (χ2v) is 8.44. The third kappa shape index (κ3) is 3.92. The van der Waals surface area contributed by atoms with Crippen LogP contribution in [-0.2, 0) is 9.59 Å². The van der Waals surface area contributed by atoms with E-state index >= 15 is 0 Å². The molecule has 0 radical (unpaired) electrons. The number of carbonyl (C=O) groups excluding carboxylic acids is 2. The van der Waals surface area contributed by atoms with E-state index in [1.165, 1.54) is 0 Å². The number of amides is 2. The van der Waals surface area contributed by atoms with Crippen molar-refractivity contribution in [2.45, 2.75) is 39.0 Å². The van der Waals surface area contributed by atoms with Crippen molar-refractivity contribution in [1.82, 2.24) is 9.97 Å². The summed E-state index contributed by atoms with van der Waals surface area (Å²) in [7, 11) is 0. The zero-order valence-corrected chi connectivity index (χ0v) is 17.7. The van der Waals surface area contributed by atoms with Gasteiger partial charge in [-0.3, -0.25) is 19.4 Å². The molecular weight excluding hydrogens is 406 g/mol. The van der Waals surface area contributed by atoms with Gasteiger partial charge in [-0.25, -0.2) is 0 Å². The molecular formula is C21H24ClN5O3. The van der Waals surface area contributed by atoms with Gasteiger partial charge >= 0.3 is 0 Å². The molecule has 0 aliphatic carbocycles. The number of H-pyrrole nitrogens is 1. The molecule has 1 fully saturated rings. The zero-order valence-electron chi connectivity index (χ0n) is 16.9. The predicted molar refractivity (Wildman–Crippen MR) is 116 cm³/mol. The number of hydrogen-bond donors (Lipinski definition) is 3. The molecule has 3 heterocycles. The highest BCUT2D eigenvalue weighted by molar-refractivity contribution is 6.31. The van der Waals surface area contributed by atoms with Crippen LogP contribution >= 0.6 is 11.6 Å². The molecule has 2 aromatic rings. The lowest BCUT2D eigenvalue weighted by molar-refractivity contribution is -0.123. The highest BCUT2D eigenvalue weighted by Crippen LogP contribution is 2.32. The molecule has 0 unspecified atom stereocenters. The largest absolute Gasteiger partial charge is 0.342 e. The van der Waals surface area contributed by atoms with Crippen LogP contribution < -0.4 is 21.1 Å². The van der Waals surface area contributed by atoms with E-state index < -0.39 is 17.4 Å². The quantitative estimate of drug-likeness (QED) is 0.695. The minimum atomic E-state index is -0.932. The highest BCUT2D eigenvalue weighted by atomic mass is 35.5. The van der Waals surface area contributed by atoms with Crippen molar-refractivity contribution in [3.05, 3.63) is 44.7 Å². The van der Waals surface area contributed by atoms with Crippen LogP contribution in [0.3, 0.4) is 0 Å². The van der Waals surface area contributed by atoms with Gasteiger partial charge in [0.2, 0.25) is 17.8 Å². The van der Waals surface area contributed by atoms with Gasteiger partial charge in [0.1, 0.15) is 5.82 Å². The molecule has 8 nitrogen and oxygen atoms in total. The number of aromatic amines is 1. The lowest BCUT2D eigenvalue weighted by Crippen LogP contribution is -2.39. The zero-order chi connectivity index (χ0) is 21.4. The minimum Gasteiger partial charge on any atom is -0.342 e. The topological polar surface area (TPSA) is 107 Å². The lowest BCUT2D eigenvalue weighted by atomic mass is 9.92. The van der Waals surface area contributed by atoms with Crippen molar-refractivity contribution >= 4 is 40.9 Å². The Balaban J connectivity index is 1.64. The van der Waals surface area contributed by atoms with E-state index in [9.17, 15) is 14.4 Å². The fourth-order valence-electron chi connectivity index (χ4n) is 3.92. The molecule has 1 atom stereocenters. The molecule has 0 saturated carbocycles. The summed E-state index contributed by atoms with van der Waals surface area (Å²) in [6.45, 7) is 5.56. The number of nitrogens with one attached hydrogen (secondary N) is 3. The molecule has 2 aliphatic heterocycles. The Kier molecular flexibility index (Phi) is 5.51. The van der Waals surface area contributed by atoms with Crippen LogP contribution in [0.2, 0.25) is 5.02 Å². The van der Waals surface area contributed by atoms with Gasteiger partial charge in [0, 0.05) is 30.2 Å². The summed E-state index contributed by atoms with van der Waals surface area (Å²) in [6, 6.07) is 5.19. The van der Waals surface area contributed by atoms with Crippen LogP contribution in [-0.4, -0.2) is 34.9 Å². The van der Waals surface area contributed by atoms with Gasteiger partial charge in [-0.05, 0) is 43.4 Å². The summed E-state index contributed by atoms with van der Waals surface area (Å²) in [5.74, 6) is -0.499. The molecule has 1 saturated heterocycles. The third-order valence-electron chi connectivity index (χ3n) is 5.86. The van der Waals surface area contributed by atoms with E-state index in [2.05, 4.69) is 27.5 Å². The molecule has 0 bridgehead atoms. The van der Waals surface area contributed by atoms with E-state index in [1.54, 1.807) is 25.1 Å². The first-order chi connectivity index (χ1) is 14.3. The van der Waals surface area contributed by atoms with Gasteiger partial charge in [-0.2, -0.15) is 4.98 Å². The molecule has 0 spiro atoms. The van der Waals surface area contributed by atoms with Crippen molar-refractivity contribution in [2.75, 3.05) is 28.6 Å². The summed E-state index contributed by atoms with van der Waals surface area (Å²) in [5, 5.41) is 5.98. The molecule has 158 valence electrons. The summed E-state index contributed by atoms with van der Waals surface area (Å²) in [6.07, 6.45) is 1.90. The third-order valence-corrected chi connectivity index (χ3v) is 6.27. The number of nitrogens with zero attached hydrogens (tertiary/aromatic N) is 2. The number of piperidine rings is 1. The second-order valence-electron chi connectivity index (χ2n) is 8.03. The summed E-state index contributed by atoms with van der Waals surface area (Å²) >= 11 is 6.13. The predicted octanol–water partition coefficient (Wildman–Crippen LogP) is 3.03. The van der Waals surface area contributed by atoms with Crippen molar-refractivity contribution in [3.8, 4) is 0 Å². The molecule has 4 rings (SSSR count). The van der Waals surface area contributed by atoms with Crippen LogP contribution in [0.15, 0.2) is 23.0 Å². The Bertz CT molecular complexity index is 1060. The number of halogens is 1. The van der Waals surface area contributed by atoms with Crippen molar-refractivity contribution in [1.29, 1.82) is 0 Å². The molecule has 2 aliphatic rings. The molecule has 2 amide bonds. The normalized spacial score (nSPS) is 19.2. The van der Waals surface area contributed by atoms with Gasteiger partial charge in [-0.1, -0.05) is 24.6 Å². The number of anilines is 3. The average molecular weight is 430 g/mol. The van der Waals surface area contributed by atoms with Crippen molar-refractivity contribution < 1.29 is 9.59 Å². The monoisotopic (exact) mass is 429 g/mol. The van der Waals surface area contributed by atoms with Crippen LogP contribution in [0.25, 0.3) is 0 Å². The summed E-state index contributed by atoms with van der Waals surface area (Å²) in [5.41, 5.74) is 1.04. The maximum Gasteiger partial charge on any atom is 0.258 e. The first-order valence-electron chi connectivity index (χ1n) is 10.1. The maximum absolute atomic E-state index is 13.0. The van der Waals surface area contributed by atoms with E-state index in [4.69, 9.17) is 11.6 Å². The van der Waals surface area contributed by atoms with Gasteiger partial charge in [0.05, 0.1) is 11.5 Å². The highest BCUT2D eigenvalue weighted by Gasteiger charge is 2.35. The molecule has 30 heavy (non-hydrogen) atoms. The summed E-state index contributed by atoms with van der Waals surface area (Å²) in [4.78, 5) is 47.5. The first kappa shape index (κ1) is 20.4. The molecule has 1 aromatic heterocycles. The number of hydrogen-bond acceptors (Lipinski definition) is 5. The molecule has 9 heteroatoms. The number of fused-ring (bicyclic) bond motifs is 1. The van der Waals surface area contributed by atoms with E-state index in [-0.39, 0.29) is 23.7 Å². The average Bonchev–Trinajstić information content (AvgIpc) is 2.71. The minimum absolute atomic E-state index is 0.121. The Hall–Kier alpha value is -2.87. The van der Waals surface area contributed by atoms with Crippen molar-refractivity contribution in [2.24, 2.45) is 5.92 Å². The van der Waals surface area contributed by atoms with Crippen LogP contribution in [0.5, 0.6) is 0 Å². The summed E-state index contributed by atoms with van der Waals surface area (Å²) < 4.78 is 0. The lowest BCUT2D eigenvalue weighted by Gasteiger charge is -2.31. The standard InChI is InChI=1S/C21H24ClN5O3/c1-11-6-8-27(9-7-11)21-25-18-17(20(30)26-21)13(10-16(28)24-18)19(29)23-15-5-3-4-14(22)12(15)2/h3-5,11,13H,6-10H2,1-2H3,(H,23,29)(H2,24,25,26,28,30)/t13-/m0/s1. The van der Waals surface area contributed by atoms with Gasteiger partial charge < -0.3 is 15.5 Å². The van der Waals surface area contributed by atoms with E-state index in [0.717, 1.165) is 31.5 Å². The van der Waals surface area contributed by atoms with Crippen molar-refractivity contribution in [3.63, 3.8) is 0 Å². The van der Waals surface area contributed by atoms with Crippen LogP contribution in [0.4, 0.5) is 17.5 Å². The fraction of sp³-hybridized carbons (Fsp3) is 0.429. The van der Waals surface area contributed by atoms with Gasteiger partial charge in [0.25, 0.3) is 5.56 Å². The Morgan fingerprint density at radius 2 is 2.00 bits per heavy atom. The number of benzene rings is 1. The Morgan fingerprint density at radius 3 is 2.73 bits per heavy atom. The second kappa shape index (κ2) is 8.10.